The molecule has 0 spiro atoms. The minimum atomic E-state index is -2.00. The van der Waals surface area contributed by atoms with Crippen molar-refractivity contribution in [2.24, 2.45) is 0 Å². The van der Waals surface area contributed by atoms with Gasteiger partial charge in [-0.3, -0.25) is 0 Å². The Kier molecular flexibility index (Phi) is 3.31. The van der Waals surface area contributed by atoms with E-state index in [2.05, 4.69) is 58.7 Å². The van der Waals surface area contributed by atoms with E-state index in [4.69, 9.17) is 4.42 Å². The molecule has 23 heavy (non-hydrogen) atoms. The molecule has 0 aliphatic rings. The molecule has 0 amide bonds. The number of furan rings is 1. The Morgan fingerprint density at radius 1 is 0.783 bits per heavy atom. The minimum absolute atomic E-state index is 0.896. The zero-order valence-corrected chi connectivity index (χ0v) is 15.7. The van der Waals surface area contributed by atoms with Crippen LogP contribution in [0.5, 0.6) is 0 Å². The summed E-state index contributed by atoms with van der Waals surface area (Å²) >= 11 is -2.00. The average Bonchev–Trinajstić information content (AvgIpc) is 2.93. The first-order valence-electron chi connectivity index (χ1n) is 7.92. The molecule has 4 aromatic rings. The van der Waals surface area contributed by atoms with E-state index >= 15 is 0 Å². The van der Waals surface area contributed by atoms with Gasteiger partial charge >= 0.3 is 138 Å². The van der Waals surface area contributed by atoms with Crippen molar-refractivity contribution in [3.63, 3.8) is 0 Å². The number of pyridine rings is 1. The number of hydrogen-bond acceptors (Lipinski definition) is 2. The van der Waals surface area contributed by atoms with E-state index in [0.717, 1.165) is 27.8 Å². The number of para-hydroxylation sites is 1. The molecule has 0 unspecified atom stereocenters. The molecule has 0 atom stereocenters. The number of rotatable bonds is 2. The van der Waals surface area contributed by atoms with Crippen LogP contribution in [0.3, 0.4) is 0 Å². The van der Waals surface area contributed by atoms with Crippen molar-refractivity contribution in [2.45, 2.75) is 17.3 Å². The monoisotopic (exact) mass is 363 g/mol. The fraction of sp³-hybridized carbons (Fsp3) is 0.150. The predicted molar refractivity (Wildman–Crippen MR) is 99.9 cm³/mol. The van der Waals surface area contributed by atoms with Crippen molar-refractivity contribution in [1.82, 2.24) is 4.98 Å². The van der Waals surface area contributed by atoms with Crippen LogP contribution in [0.1, 0.15) is 0 Å². The summed E-state index contributed by atoms with van der Waals surface area (Å²) in [5, 5.41) is 2.36. The molecule has 0 aliphatic carbocycles. The summed E-state index contributed by atoms with van der Waals surface area (Å²) in [5.41, 5.74) is 3.97. The molecule has 2 heterocycles. The van der Waals surface area contributed by atoms with Crippen molar-refractivity contribution < 1.29 is 4.42 Å². The molecule has 0 saturated heterocycles. The van der Waals surface area contributed by atoms with Crippen LogP contribution in [-0.2, 0) is 0 Å². The van der Waals surface area contributed by atoms with Gasteiger partial charge < -0.3 is 0 Å². The van der Waals surface area contributed by atoms with E-state index in [1.807, 2.05) is 24.4 Å². The fourth-order valence-corrected chi connectivity index (χ4v) is 6.19. The molecule has 0 N–H and O–H groups in total. The Morgan fingerprint density at radius 2 is 1.52 bits per heavy atom. The van der Waals surface area contributed by atoms with Crippen LogP contribution < -0.4 is 4.40 Å². The Balaban J connectivity index is 2.10. The summed E-state index contributed by atoms with van der Waals surface area (Å²) in [4.78, 5) is 4.59. The second-order valence-electron chi connectivity index (χ2n) is 6.94. The van der Waals surface area contributed by atoms with Crippen molar-refractivity contribution >= 4 is 39.6 Å². The van der Waals surface area contributed by atoms with E-state index in [1.54, 1.807) is 0 Å². The zero-order valence-electron chi connectivity index (χ0n) is 13.6. The van der Waals surface area contributed by atoms with Gasteiger partial charge in [0, 0.05) is 0 Å². The Morgan fingerprint density at radius 3 is 2.26 bits per heavy atom. The molecular formula is C20H19GeNO. The zero-order chi connectivity index (χ0) is 16.0. The SMILES string of the molecule is [CH3][Ge]([CH3])([CH3])[c]1cccc2c1oc1c(-c3ccccc3)nccc12. The van der Waals surface area contributed by atoms with E-state index < -0.39 is 13.3 Å². The van der Waals surface area contributed by atoms with Gasteiger partial charge in [0.15, 0.2) is 0 Å². The molecule has 2 aromatic carbocycles. The molecular weight excluding hydrogens is 343 g/mol. The third kappa shape index (κ3) is 2.38. The third-order valence-corrected chi connectivity index (χ3v) is 8.49. The second kappa shape index (κ2) is 5.24. The quantitative estimate of drug-likeness (QED) is 0.459. The van der Waals surface area contributed by atoms with Gasteiger partial charge in [-0.05, 0) is 0 Å². The van der Waals surface area contributed by atoms with Gasteiger partial charge in [-0.15, -0.1) is 0 Å². The van der Waals surface area contributed by atoms with E-state index in [9.17, 15) is 0 Å². The number of nitrogens with zero attached hydrogens (tertiary/aromatic N) is 1. The molecule has 3 heteroatoms. The third-order valence-electron chi connectivity index (χ3n) is 4.27. The second-order valence-corrected chi connectivity index (χ2v) is 17.5. The summed E-state index contributed by atoms with van der Waals surface area (Å²) in [6.07, 6.45) is 1.88. The van der Waals surface area contributed by atoms with E-state index in [0.29, 0.717) is 0 Å². The molecule has 114 valence electrons. The number of benzene rings is 2. The molecule has 0 aliphatic heterocycles. The van der Waals surface area contributed by atoms with Gasteiger partial charge in [0.2, 0.25) is 0 Å². The molecule has 0 fully saturated rings. The van der Waals surface area contributed by atoms with Crippen LogP contribution in [0.2, 0.25) is 17.3 Å². The van der Waals surface area contributed by atoms with Crippen molar-refractivity contribution in [3.05, 3.63) is 60.8 Å². The Bertz CT molecular complexity index is 997. The summed E-state index contributed by atoms with van der Waals surface area (Å²) < 4.78 is 7.79. The molecule has 2 nitrogen and oxygen atoms in total. The number of hydrogen-bond donors (Lipinski definition) is 0. The van der Waals surface area contributed by atoms with Gasteiger partial charge in [-0.25, -0.2) is 0 Å². The average molecular weight is 362 g/mol. The first-order chi connectivity index (χ1) is 11.1. The number of aromatic nitrogens is 1. The number of fused-ring (bicyclic) bond motifs is 3. The molecule has 4 rings (SSSR count). The van der Waals surface area contributed by atoms with Gasteiger partial charge in [0.05, 0.1) is 0 Å². The van der Waals surface area contributed by atoms with Crippen LogP contribution in [-0.4, -0.2) is 18.3 Å². The van der Waals surface area contributed by atoms with Crippen molar-refractivity contribution in [1.29, 1.82) is 0 Å². The van der Waals surface area contributed by atoms with Gasteiger partial charge in [0.1, 0.15) is 0 Å². The maximum absolute atomic E-state index is 6.38. The van der Waals surface area contributed by atoms with Crippen molar-refractivity contribution in [3.8, 4) is 11.3 Å². The normalized spacial score (nSPS) is 12.1. The standard InChI is InChI=1S/C20H19GeNO/c1-21(2,3)17-11-7-10-15-16-12-13-22-18(20(16)23-19(15)17)14-8-5-4-6-9-14/h4-13H,1-3H3. The van der Waals surface area contributed by atoms with Crippen LogP contribution in [0.15, 0.2) is 65.2 Å². The van der Waals surface area contributed by atoms with Gasteiger partial charge in [0.25, 0.3) is 0 Å². The summed E-state index contributed by atoms with van der Waals surface area (Å²) in [7, 11) is 0. The summed E-state index contributed by atoms with van der Waals surface area (Å²) in [5.74, 6) is 7.20. The summed E-state index contributed by atoms with van der Waals surface area (Å²) in [6, 6.07) is 18.9. The first-order valence-corrected chi connectivity index (χ1v) is 15.3. The molecule has 0 saturated carbocycles. The Hall–Kier alpha value is -2.07. The first kappa shape index (κ1) is 14.5. The Labute approximate surface area is 138 Å². The van der Waals surface area contributed by atoms with Crippen LogP contribution >= 0.6 is 0 Å². The van der Waals surface area contributed by atoms with E-state index in [1.165, 1.54) is 9.78 Å². The summed E-state index contributed by atoms with van der Waals surface area (Å²) in [6.45, 7) is 0. The van der Waals surface area contributed by atoms with Crippen LogP contribution in [0, 0.1) is 0 Å². The molecule has 0 radical (unpaired) electrons. The molecule has 2 aromatic heterocycles. The van der Waals surface area contributed by atoms with E-state index in [-0.39, 0.29) is 0 Å². The van der Waals surface area contributed by atoms with Crippen molar-refractivity contribution in [2.75, 3.05) is 0 Å². The topological polar surface area (TPSA) is 26.0 Å². The van der Waals surface area contributed by atoms with Gasteiger partial charge in [-0.1, -0.05) is 0 Å². The van der Waals surface area contributed by atoms with Gasteiger partial charge in [-0.2, -0.15) is 0 Å². The van der Waals surface area contributed by atoms with Crippen LogP contribution in [0.4, 0.5) is 0 Å². The maximum atomic E-state index is 6.38. The predicted octanol–water partition coefficient (Wildman–Crippen LogP) is 5.19. The molecule has 0 bridgehead atoms. The van der Waals surface area contributed by atoms with Crippen LogP contribution in [0.25, 0.3) is 33.2 Å². The fourth-order valence-electron chi connectivity index (χ4n) is 3.12.